The minimum Gasteiger partial charge on any atom is -0.367 e. The molecule has 2 aliphatic rings. The minimum absolute atomic E-state index is 0.0415. The zero-order valence-corrected chi connectivity index (χ0v) is 14.3. The van der Waals surface area contributed by atoms with Crippen molar-refractivity contribution in [2.45, 2.75) is 12.5 Å². The lowest BCUT2D eigenvalue weighted by atomic mass is 10.2. The Morgan fingerprint density at radius 3 is 2.54 bits per heavy atom. The van der Waals surface area contributed by atoms with Gasteiger partial charge < -0.3 is 10.2 Å². The summed E-state index contributed by atoms with van der Waals surface area (Å²) in [4.78, 5) is 16.1. The van der Waals surface area contributed by atoms with Gasteiger partial charge in [-0.15, -0.1) is 0 Å². The Kier molecular flexibility index (Phi) is 5.05. The van der Waals surface area contributed by atoms with Crippen LogP contribution in [0.4, 0.5) is 10.1 Å². The van der Waals surface area contributed by atoms with Crippen molar-refractivity contribution in [3.8, 4) is 0 Å². The zero-order chi connectivity index (χ0) is 17.2. The van der Waals surface area contributed by atoms with Crippen LogP contribution in [0.25, 0.3) is 0 Å². The third-order valence-electron chi connectivity index (χ3n) is 4.53. The van der Waals surface area contributed by atoms with Crippen LogP contribution < -0.4 is 10.2 Å². The zero-order valence-electron chi connectivity index (χ0n) is 13.4. The first-order valence-electron chi connectivity index (χ1n) is 8.14. The van der Waals surface area contributed by atoms with Gasteiger partial charge in [-0.3, -0.25) is 9.69 Å². The second-order valence-electron chi connectivity index (χ2n) is 6.38. The Balaban J connectivity index is 1.45. The Bertz CT molecular complexity index is 702. The first kappa shape index (κ1) is 17.2. The van der Waals surface area contributed by atoms with Crippen LogP contribution >= 0.6 is 0 Å². The number of rotatable bonds is 4. The third-order valence-corrected chi connectivity index (χ3v) is 6.30. The van der Waals surface area contributed by atoms with E-state index in [4.69, 9.17) is 0 Å². The Labute approximate surface area is 141 Å². The first-order chi connectivity index (χ1) is 11.4. The van der Waals surface area contributed by atoms with E-state index in [0.717, 1.165) is 0 Å². The van der Waals surface area contributed by atoms with Crippen molar-refractivity contribution in [1.82, 2.24) is 10.2 Å². The maximum absolute atomic E-state index is 13.8. The van der Waals surface area contributed by atoms with Crippen LogP contribution in [0.2, 0.25) is 0 Å². The van der Waals surface area contributed by atoms with E-state index in [1.54, 1.807) is 12.1 Å². The van der Waals surface area contributed by atoms with Gasteiger partial charge in [0, 0.05) is 32.2 Å². The maximum Gasteiger partial charge on any atom is 0.234 e. The molecule has 0 spiro atoms. The van der Waals surface area contributed by atoms with Gasteiger partial charge >= 0.3 is 0 Å². The summed E-state index contributed by atoms with van der Waals surface area (Å²) in [5, 5.41) is 2.80. The monoisotopic (exact) mass is 355 g/mol. The van der Waals surface area contributed by atoms with E-state index >= 15 is 0 Å². The fraction of sp³-hybridized carbons (Fsp3) is 0.562. The van der Waals surface area contributed by atoms with Crippen LogP contribution in [0.15, 0.2) is 24.3 Å². The number of para-hydroxylation sites is 1. The van der Waals surface area contributed by atoms with Crippen molar-refractivity contribution in [3.63, 3.8) is 0 Å². The highest BCUT2D eigenvalue weighted by Crippen LogP contribution is 2.20. The second-order valence-corrected chi connectivity index (χ2v) is 8.61. The van der Waals surface area contributed by atoms with Crippen LogP contribution in [-0.2, 0) is 14.6 Å². The summed E-state index contributed by atoms with van der Waals surface area (Å²) in [6, 6.07) is 6.43. The summed E-state index contributed by atoms with van der Waals surface area (Å²) in [6.07, 6.45) is 0.495. The SMILES string of the molecule is O=C(CN1CCN(c2ccccc2F)CC1)NC1CCS(=O)(=O)C1. The summed E-state index contributed by atoms with van der Waals surface area (Å²) < 4.78 is 36.6. The van der Waals surface area contributed by atoms with Crippen molar-refractivity contribution in [3.05, 3.63) is 30.1 Å². The van der Waals surface area contributed by atoms with Crippen LogP contribution in [0.1, 0.15) is 6.42 Å². The molecule has 3 rings (SSSR count). The summed E-state index contributed by atoms with van der Waals surface area (Å²) in [5.41, 5.74) is 0.595. The molecule has 2 saturated heterocycles. The van der Waals surface area contributed by atoms with Gasteiger partial charge in [0.2, 0.25) is 5.91 Å². The number of nitrogens with one attached hydrogen (secondary N) is 1. The highest BCUT2D eigenvalue weighted by Gasteiger charge is 2.29. The largest absolute Gasteiger partial charge is 0.367 e. The third kappa shape index (κ3) is 4.24. The van der Waals surface area contributed by atoms with Gasteiger partial charge in [0.15, 0.2) is 9.84 Å². The molecule has 2 aliphatic heterocycles. The predicted octanol–water partition coefficient (Wildman–Crippen LogP) is 0.251. The van der Waals surface area contributed by atoms with E-state index < -0.39 is 9.84 Å². The highest BCUT2D eigenvalue weighted by molar-refractivity contribution is 7.91. The highest BCUT2D eigenvalue weighted by atomic mass is 32.2. The van der Waals surface area contributed by atoms with Gasteiger partial charge in [0.25, 0.3) is 0 Å². The Hall–Kier alpha value is -1.67. The normalized spacial score (nSPS) is 24.0. The molecule has 1 aromatic rings. The molecule has 0 aliphatic carbocycles. The van der Waals surface area contributed by atoms with Gasteiger partial charge in [-0.1, -0.05) is 12.1 Å². The Morgan fingerprint density at radius 1 is 1.21 bits per heavy atom. The summed E-state index contributed by atoms with van der Waals surface area (Å²) in [5.74, 6) is -0.179. The molecular formula is C16H22FN3O3S. The topological polar surface area (TPSA) is 69.7 Å². The molecule has 2 fully saturated rings. The molecule has 1 N–H and O–H groups in total. The number of halogens is 1. The Morgan fingerprint density at radius 2 is 1.92 bits per heavy atom. The van der Waals surface area contributed by atoms with Crippen molar-refractivity contribution in [2.24, 2.45) is 0 Å². The maximum atomic E-state index is 13.8. The fourth-order valence-electron chi connectivity index (χ4n) is 3.24. The average Bonchev–Trinajstić information content (AvgIpc) is 2.87. The van der Waals surface area contributed by atoms with Gasteiger partial charge in [-0.25, -0.2) is 12.8 Å². The first-order valence-corrected chi connectivity index (χ1v) is 9.97. The molecule has 1 atom stereocenters. The van der Waals surface area contributed by atoms with Gasteiger partial charge in [0.1, 0.15) is 5.82 Å². The molecule has 0 saturated carbocycles. The molecule has 1 aromatic carbocycles. The van der Waals surface area contributed by atoms with Gasteiger partial charge in [0.05, 0.1) is 23.7 Å². The van der Waals surface area contributed by atoms with Crippen LogP contribution in [0, 0.1) is 5.82 Å². The van der Waals surface area contributed by atoms with E-state index in [1.165, 1.54) is 6.07 Å². The standard InChI is InChI=1S/C16H22FN3O3S/c17-14-3-1-2-4-15(14)20-8-6-19(7-9-20)11-16(21)18-13-5-10-24(22,23)12-13/h1-4,13H,5-12H2,(H,18,21). The lowest BCUT2D eigenvalue weighted by Crippen LogP contribution is -2.50. The molecule has 1 amide bonds. The molecule has 2 heterocycles. The van der Waals surface area contributed by atoms with E-state index in [1.807, 2.05) is 15.9 Å². The average molecular weight is 355 g/mol. The van der Waals surface area contributed by atoms with E-state index in [2.05, 4.69) is 5.32 Å². The van der Waals surface area contributed by atoms with Crippen molar-refractivity contribution in [1.29, 1.82) is 0 Å². The number of carbonyl (C=O) groups excluding carboxylic acids is 1. The van der Waals surface area contributed by atoms with Gasteiger partial charge in [-0.2, -0.15) is 0 Å². The molecule has 8 heteroatoms. The van der Waals surface area contributed by atoms with Crippen LogP contribution in [0.3, 0.4) is 0 Å². The molecule has 0 bridgehead atoms. The van der Waals surface area contributed by atoms with Crippen molar-refractivity contribution < 1.29 is 17.6 Å². The van der Waals surface area contributed by atoms with Crippen LogP contribution in [0.5, 0.6) is 0 Å². The lowest BCUT2D eigenvalue weighted by molar-refractivity contribution is -0.122. The molecule has 6 nitrogen and oxygen atoms in total. The summed E-state index contributed by atoms with van der Waals surface area (Å²) in [7, 11) is -2.99. The van der Waals surface area contributed by atoms with Crippen LogP contribution in [-0.4, -0.2) is 69.5 Å². The van der Waals surface area contributed by atoms with Crippen molar-refractivity contribution >= 4 is 21.4 Å². The summed E-state index contributed by atoms with van der Waals surface area (Å²) in [6.45, 7) is 2.91. The minimum atomic E-state index is -2.99. The molecule has 0 radical (unpaired) electrons. The second kappa shape index (κ2) is 7.06. The molecule has 24 heavy (non-hydrogen) atoms. The number of nitrogens with zero attached hydrogens (tertiary/aromatic N) is 2. The predicted molar refractivity (Wildman–Crippen MR) is 90.3 cm³/mol. The number of amides is 1. The number of benzene rings is 1. The molecule has 0 aromatic heterocycles. The van der Waals surface area contributed by atoms with E-state index in [9.17, 15) is 17.6 Å². The number of hydrogen-bond donors (Lipinski definition) is 1. The van der Waals surface area contributed by atoms with E-state index in [-0.39, 0.29) is 35.8 Å². The number of anilines is 1. The molecule has 132 valence electrons. The lowest BCUT2D eigenvalue weighted by Gasteiger charge is -2.35. The quantitative estimate of drug-likeness (QED) is 0.839. The van der Waals surface area contributed by atoms with Gasteiger partial charge in [-0.05, 0) is 18.6 Å². The number of hydrogen-bond acceptors (Lipinski definition) is 5. The molecular weight excluding hydrogens is 333 g/mol. The fourth-order valence-corrected chi connectivity index (χ4v) is 4.91. The number of sulfone groups is 1. The smallest absolute Gasteiger partial charge is 0.234 e. The molecule has 1 unspecified atom stereocenters. The summed E-state index contributed by atoms with van der Waals surface area (Å²) >= 11 is 0. The number of piperazine rings is 1. The number of carbonyl (C=O) groups is 1. The van der Waals surface area contributed by atoms with Crippen molar-refractivity contribution in [2.75, 3.05) is 49.1 Å². The van der Waals surface area contributed by atoms with E-state index in [0.29, 0.717) is 38.3 Å².